The highest BCUT2D eigenvalue weighted by Gasteiger charge is 2.33. The third-order valence-electron chi connectivity index (χ3n) is 4.48. The zero-order valence-corrected chi connectivity index (χ0v) is 15.0. The Morgan fingerprint density at radius 1 is 1.22 bits per heavy atom. The summed E-state index contributed by atoms with van der Waals surface area (Å²) in [6.07, 6.45) is -0.317. The maximum atomic E-state index is 12.1. The monoisotopic (exact) mass is 318 g/mol. The fraction of sp³-hybridized carbons (Fsp3) is 0.632. The van der Waals surface area contributed by atoms with E-state index in [1.807, 2.05) is 26.8 Å². The molecule has 1 aliphatic heterocycles. The SMILES string of the molecule is C[C@@H]1[C@H](C)CN(Cc2ccccc2)C[C@@H]1NC(=O)OC(C)(C)C. The Morgan fingerprint density at radius 2 is 1.87 bits per heavy atom. The molecule has 2 rings (SSSR count). The molecule has 0 spiro atoms. The quantitative estimate of drug-likeness (QED) is 0.924. The fourth-order valence-corrected chi connectivity index (χ4v) is 3.10. The first-order chi connectivity index (χ1) is 10.7. The molecule has 3 atom stereocenters. The van der Waals surface area contributed by atoms with Gasteiger partial charge in [0.25, 0.3) is 0 Å². The molecule has 0 aromatic heterocycles. The van der Waals surface area contributed by atoms with Crippen molar-refractivity contribution in [2.24, 2.45) is 11.8 Å². The van der Waals surface area contributed by atoms with E-state index in [4.69, 9.17) is 4.74 Å². The van der Waals surface area contributed by atoms with Gasteiger partial charge in [-0.2, -0.15) is 0 Å². The largest absolute Gasteiger partial charge is 0.444 e. The van der Waals surface area contributed by atoms with Crippen LogP contribution in [0.25, 0.3) is 0 Å². The third kappa shape index (κ3) is 5.54. The highest BCUT2D eigenvalue weighted by molar-refractivity contribution is 5.68. The van der Waals surface area contributed by atoms with Crippen LogP contribution < -0.4 is 5.32 Å². The van der Waals surface area contributed by atoms with Gasteiger partial charge in [-0.05, 0) is 38.2 Å². The number of piperidine rings is 1. The predicted octanol–water partition coefficient (Wildman–Crippen LogP) is 3.67. The van der Waals surface area contributed by atoms with Crippen molar-refractivity contribution < 1.29 is 9.53 Å². The number of nitrogens with zero attached hydrogens (tertiary/aromatic N) is 1. The van der Waals surface area contributed by atoms with Gasteiger partial charge in [0.05, 0.1) is 0 Å². The van der Waals surface area contributed by atoms with E-state index in [1.54, 1.807) is 0 Å². The van der Waals surface area contributed by atoms with Gasteiger partial charge in [-0.25, -0.2) is 4.79 Å². The van der Waals surface area contributed by atoms with Gasteiger partial charge in [-0.3, -0.25) is 4.90 Å². The molecule has 0 unspecified atom stereocenters. The molecule has 1 aliphatic rings. The Kier molecular flexibility index (Phi) is 5.69. The summed E-state index contributed by atoms with van der Waals surface area (Å²) in [7, 11) is 0. The molecule has 1 fully saturated rings. The molecule has 1 amide bonds. The van der Waals surface area contributed by atoms with Crippen LogP contribution >= 0.6 is 0 Å². The average molecular weight is 318 g/mol. The molecule has 1 aromatic carbocycles. The molecule has 1 saturated heterocycles. The minimum absolute atomic E-state index is 0.123. The van der Waals surface area contributed by atoms with Crippen molar-refractivity contribution >= 4 is 6.09 Å². The lowest BCUT2D eigenvalue weighted by Gasteiger charge is -2.41. The number of nitrogens with one attached hydrogen (secondary N) is 1. The van der Waals surface area contributed by atoms with Crippen LogP contribution in [-0.4, -0.2) is 35.7 Å². The summed E-state index contributed by atoms with van der Waals surface area (Å²) in [6.45, 7) is 13.0. The van der Waals surface area contributed by atoms with Gasteiger partial charge < -0.3 is 10.1 Å². The van der Waals surface area contributed by atoms with E-state index in [0.717, 1.165) is 19.6 Å². The number of carbonyl (C=O) groups excluding carboxylic acids is 1. The minimum Gasteiger partial charge on any atom is -0.444 e. The van der Waals surface area contributed by atoms with Gasteiger partial charge in [-0.1, -0.05) is 44.2 Å². The molecule has 0 radical (unpaired) electrons. The van der Waals surface area contributed by atoms with E-state index in [0.29, 0.717) is 11.8 Å². The van der Waals surface area contributed by atoms with Crippen LogP contribution in [0.4, 0.5) is 4.79 Å². The van der Waals surface area contributed by atoms with Gasteiger partial charge in [0.15, 0.2) is 0 Å². The number of benzene rings is 1. The molecule has 4 nitrogen and oxygen atoms in total. The van der Waals surface area contributed by atoms with Gasteiger partial charge in [-0.15, -0.1) is 0 Å². The van der Waals surface area contributed by atoms with Crippen molar-refractivity contribution in [2.45, 2.75) is 52.8 Å². The molecule has 1 heterocycles. The first-order valence-electron chi connectivity index (χ1n) is 8.50. The van der Waals surface area contributed by atoms with Gasteiger partial charge >= 0.3 is 6.09 Å². The molecule has 1 N–H and O–H groups in total. The van der Waals surface area contributed by atoms with E-state index in [-0.39, 0.29) is 12.1 Å². The van der Waals surface area contributed by atoms with Gasteiger partial charge in [0.2, 0.25) is 0 Å². The van der Waals surface area contributed by atoms with Crippen LogP contribution in [-0.2, 0) is 11.3 Å². The van der Waals surface area contributed by atoms with Crippen molar-refractivity contribution in [3.05, 3.63) is 35.9 Å². The first kappa shape index (κ1) is 17.8. The summed E-state index contributed by atoms with van der Waals surface area (Å²) in [4.78, 5) is 14.5. The summed E-state index contributed by atoms with van der Waals surface area (Å²) in [5, 5.41) is 3.07. The second kappa shape index (κ2) is 7.35. The standard InChI is InChI=1S/C19H30N2O2/c1-14-11-21(12-16-9-7-6-8-10-16)13-17(15(14)2)20-18(22)23-19(3,4)5/h6-10,14-15,17H,11-13H2,1-5H3,(H,20,22)/t14-,15-,17+/m1/s1. The fourth-order valence-electron chi connectivity index (χ4n) is 3.10. The van der Waals surface area contributed by atoms with E-state index in [2.05, 4.69) is 48.3 Å². The number of ether oxygens (including phenoxy) is 1. The second-order valence-electron chi connectivity index (χ2n) is 7.77. The highest BCUT2D eigenvalue weighted by Crippen LogP contribution is 2.25. The van der Waals surface area contributed by atoms with E-state index in [1.165, 1.54) is 5.56 Å². The van der Waals surface area contributed by atoms with Crippen LogP contribution in [0.1, 0.15) is 40.2 Å². The van der Waals surface area contributed by atoms with Crippen molar-refractivity contribution in [1.82, 2.24) is 10.2 Å². The number of rotatable bonds is 3. The summed E-state index contributed by atoms with van der Waals surface area (Å²) in [5.41, 5.74) is 0.849. The molecular formula is C19H30N2O2. The van der Waals surface area contributed by atoms with Crippen molar-refractivity contribution in [2.75, 3.05) is 13.1 Å². The average Bonchev–Trinajstić information content (AvgIpc) is 2.43. The third-order valence-corrected chi connectivity index (χ3v) is 4.48. The van der Waals surface area contributed by atoms with Gasteiger partial charge in [0.1, 0.15) is 5.60 Å². The minimum atomic E-state index is -0.461. The molecular weight excluding hydrogens is 288 g/mol. The van der Waals surface area contributed by atoms with Crippen LogP contribution in [0, 0.1) is 11.8 Å². The number of carbonyl (C=O) groups is 1. The number of amides is 1. The molecule has 1 aromatic rings. The molecule has 4 heteroatoms. The predicted molar refractivity (Wildman–Crippen MR) is 93.2 cm³/mol. The number of alkyl carbamates (subject to hydrolysis) is 1. The van der Waals surface area contributed by atoms with Crippen LogP contribution in [0.2, 0.25) is 0 Å². The molecule has 0 saturated carbocycles. The molecule has 128 valence electrons. The summed E-state index contributed by atoms with van der Waals surface area (Å²) < 4.78 is 5.41. The molecule has 23 heavy (non-hydrogen) atoms. The molecule has 0 bridgehead atoms. The zero-order chi connectivity index (χ0) is 17.0. The van der Waals surface area contributed by atoms with Crippen molar-refractivity contribution in [3.8, 4) is 0 Å². The van der Waals surface area contributed by atoms with E-state index >= 15 is 0 Å². The van der Waals surface area contributed by atoms with Crippen molar-refractivity contribution in [1.29, 1.82) is 0 Å². The van der Waals surface area contributed by atoms with Crippen molar-refractivity contribution in [3.63, 3.8) is 0 Å². The highest BCUT2D eigenvalue weighted by atomic mass is 16.6. The Labute approximate surface area is 140 Å². The number of likely N-dealkylation sites (tertiary alicyclic amines) is 1. The normalized spacial score (nSPS) is 25.9. The van der Waals surface area contributed by atoms with E-state index in [9.17, 15) is 4.79 Å². The maximum absolute atomic E-state index is 12.1. The van der Waals surface area contributed by atoms with Crippen LogP contribution in [0.5, 0.6) is 0 Å². The maximum Gasteiger partial charge on any atom is 0.407 e. The summed E-state index contributed by atoms with van der Waals surface area (Å²) in [6, 6.07) is 10.6. The number of hydrogen-bond acceptors (Lipinski definition) is 3. The lowest BCUT2D eigenvalue weighted by molar-refractivity contribution is 0.0376. The Balaban J connectivity index is 1.97. The lowest BCUT2D eigenvalue weighted by atomic mass is 9.84. The topological polar surface area (TPSA) is 41.6 Å². The number of hydrogen-bond donors (Lipinski definition) is 1. The van der Waals surface area contributed by atoms with Gasteiger partial charge in [0, 0.05) is 25.7 Å². The summed E-state index contributed by atoms with van der Waals surface area (Å²) >= 11 is 0. The molecule has 0 aliphatic carbocycles. The van der Waals surface area contributed by atoms with Crippen LogP contribution in [0.15, 0.2) is 30.3 Å². The Hall–Kier alpha value is -1.55. The first-order valence-corrected chi connectivity index (χ1v) is 8.50. The van der Waals surface area contributed by atoms with Crippen LogP contribution in [0.3, 0.4) is 0 Å². The summed E-state index contributed by atoms with van der Waals surface area (Å²) in [5.74, 6) is 0.974. The second-order valence-corrected chi connectivity index (χ2v) is 7.77. The Morgan fingerprint density at radius 3 is 2.48 bits per heavy atom. The zero-order valence-electron chi connectivity index (χ0n) is 15.0. The smallest absolute Gasteiger partial charge is 0.407 e. The van der Waals surface area contributed by atoms with E-state index < -0.39 is 5.60 Å². The lowest BCUT2D eigenvalue weighted by Crippen LogP contribution is -2.55. The Bertz CT molecular complexity index is 510.